The summed E-state index contributed by atoms with van der Waals surface area (Å²) in [6.45, 7) is 0.384. The van der Waals surface area contributed by atoms with Gasteiger partial charge in [0, 0.05) is 4.47 Å². The van der Waals surface area contributed by atoms with Crippen molar-refractivity contribution in [2.75, 3.05) is 0 Å². The summed E-state index contributed by atoms with van der Waals surface area (Å²) in [4.78, 5) is 25.8. The number of hydrogen-bond donors (Lipinski definition) is 2. The largest absolute Gasteiger partial charge is 0.478 e. The number of carboxylic acids is 1. The van der Waals surface area contributed by atoms with E-state index in [9.17, 15) is 9.59 Å². The van der Waals surface area contributed by atoms with Gasteiger partial charge >= 0.3 is 11.7 Å². The monoisotopic (exact) mass is 346 g/mol. The van der Waals surface area contributed by atoms with Gasteiger partial charge in [0.05, 0.1) is 23.1 Å². The molecular weight excluding hydrogens is 336 g/mol. The second-order valence-corrected chi connectivity index (χ2v) is 5.60. The number of hydrogen-bond acceptors (Lipinski definition) is 2. The highest BCUT2D eigenvalue weighted by Gasteiger charge is 2.10. The number of fused-ring (bicyclic) bond motifs is 1. The third kappa shape index (κ3) is 2.62. The maximum absolute atomic E-state index is 12.0. The van der Waals surface area contributed by atoms with Crippen molar-refractivity contribution < 1.29 is 9.90 Å². The zero-order valence-electron chi connectivity index (χ0n) is 10.8. The fourth-order valence-electron chi connectivity index (χ4n) is 2.22. The van der Waals surface area contributed by atoms with Gasteiger partial charge in [-0.1, -0.05) is 28.1 Å². The highest BCUT2D eigenvalue weighted by atomic mass is 79.9. The van der Waals surface area contributed by atoms with Crippen molar-refractivity contribution in [1.82, 2.24) is 9.55 Å². The molecule has 0 radical (unpaired) electrons. The number of halogens is 1. The summed E-state index contributed by atoms with van der Waals surface area (Å²) in [6, 6.07) is 12.2. The van der Waals surface area contributed by atoms with Crippen LogP contribution in [0.25, 0.3) is 11.0 Å². The van der Waals surface area contributed by atoms with Crippen molar-refractivity contribution in [2.24, 2.45) is 0 Å². The average Bonchev–Trinajstić information content (AvgIpc) is 2.77. The van der Waals surface area contributed by atoms with E-state index in [-0.39, 0.29) is 11.3 Å². The van der Waals surface area contributed by atoms with Gasteiger partial charge in [-0.3, -0.25) is 4.57 Å². The van der Waals surface area contributed by atoms with Crippen LogP contribution in [-0.4, -0.2) is 20.6 Å². The predicted octanol–water partition coefficient (Wildman–Crippen LogP) is 2.84. The summed E-state index contributed by atoms with van der Waals surface area (Å²) < 4.78 is 2.50. The Bertz CT molecular complexity index is 878. The number of aromatic amines is 1. The van der Waals surface area contributed by atoms with Gasteiger partial charge in [0.2, 0.25) is 0 Å². The molecule has 2 N–H and O–H groups in total. The fraction of sp³-hybridized carbons (Fsp3) is 0.0667. The first-order chi connectivity index (χ1) is 10.0. The molecule has 1 heterocycles. The maximum Gasteiger partial charge on any atom is 0.335 e. The van der Waals surface area contributed by atoms with Gasteiger partial charge in [0.25, 0.3) is 0 Å². The Morgan fingerprint density at radius 2 is 1.90 bits per heavy atom. The van der Waals surface area contributed by atoms with Gasteiger partial charge in [-0.05, 0) is 35.9 Å². The molecule has 106 valence electrons. The van der Waals surface area contributed by atoms with Gasteiger partial charge in [0.1, 0.15) is 0 Å². The molecule has 1 aromatic heterocycles. The summed E-state index contributed by atoms with van der Waals surface area (Å²) in [5.74, 6) is -1.01. The van der Waals surface area contributed by atoms with Gasteiger partial charge < -0.3 is 10.1 Å². The van der Waals surface area contributed by atoms with Gasteiger partial charge in [-0.15, -0.1) is 0 Å². The van der Waals surface area contributed by atoms with Crippen molar-refractivity contribution in [3.63, 3.8) is 0 Å². The third-order valence-electron chi connectivity index (χ3n) is 3.28. The van der Waals surface area contributed by atoms with E-state index >= 15 is 0 Å². The van der Waals surface area contributed by atoms with Gasteiger partial charge in [-0.25, -0.2) is 9.59 Å². The van der Waals surface area contributed by atoms with Crippen LogP contribution in [0, 0.1) is 0 Å². The van der Waals surface area contributed by atoms with Crippen LogP contribution in [-0.2, 0) is 6.54 Å². The van der Waals surface area contributed by atoms with Crippen molar-refractivity contribution in [2.45, 2.75) is 6.54 Å². The third-order valence-corrected chi connectivity index (χ3v) is 3.80. The summed E-state index contributed by atoms with van der Waals surface area (Å²) in [5.41, 5.74) is 2.08. The van der Waals surface area contributed by atoms with E-state index in [1.54, 1.807) is 6.07 Å². The predicted molar refractivity (Wildman–Crippen MR) is 82.8 cm³/mol. The van der Waals surface area contributed by atoms with Crippen LogP contribution in [0.4, 0.5) is 0 Å². The fourth-order valence-corrected chi connectivity index (χ4v) is 2.48. The molecule has 6 heteroatoms. The van der Waals surface area contributed by atoms with Gasteiger partial charge in [0.15, 0.2) is 0 Å². The molecule has 0 saturated carbocycles. The minimum atomic E-state index is -1.01. The summed E-state index contributed by atoms with van der Waals surface area (Å²) in [6.07, 6.45) is 0. The van der Waals surface area contributed by atoms with E-state index < -0.39 is 5.97 Å². The number of nitrogens with one attached hydrogen (secondary N) is 1. The van der Waals surface area contributed by atoms with E-state index in [0.29, 0.717) is 17.6 Å². The zero-order chi connectivity index (χ0) is 15.0. The summed E-state index contributed by atoms with van der Waals surface area (Å²) in [7, 11) is 0. The molecule has 3 aromatic rings. The average molecular weight is 347 g/mol. The Labute approximate surface area is 128 Å². The van der Waals surface area contributed by atoms with E-state index in [1.165, 1.54) is 16.7 Å². The molecule has 3 rings (SSSR count). The topological polar surface area (TPSA) is 75.1 Å². The maximum atomic E-state index is 12.0. The number of aromatic nitrogens is 2. The number of aromatic carboxylic acids is 1. The van der Waals surface area contributed by atoms with Crippen LogP contribution in [0.5, 0.6) is 0 Å². The normalized spacial score (nSPS) is 10.9. The molecule has 0 aliphatic rings. The molecule has 0 amide bonds. The SMILES string of the molecule is O=C(O)c1ccc2[nH]c(=O)n(Cc3ccc(Br)cc3)c2c1. The minimum Gasteiger partial charge on any atom is -0.478 e. The Hall–Kier alpha value is -2.34. The molecule has 0 saturated heterocycles. The molecule has 0 aliphatic heterocycles. The van der Waals surface area contributed by atoms with Crippen molar-refractivity contribution in [1.29, 1.82) is 0 Å². The lowest BCUT2D eigenvalue weighted by molar-refractivity contribution is 0.0697. The van der Waals surface area contributed by atoms with Crippen LogP contribution in [0.1, 0.15) is 15.9 Å². The Kier molecular flexibility index (Phi) is 3.39. The number of H-pyrrole nitrogens is 1. The molecule has 0 bridgehead atoms. The number of nitrogens with zero attached hydrogens (tertiary/aromatic N) is 1. The quantitative estimate of drug-likeness (QED) is 0.765. The Morgan fingerprint density at radius 1 is 1.19 bits per heavy atom. The van der Waals surface area contributed by atoms with E-state index in [0.717, 1.165) is 10.0 Å². The van der Waals surface area contributed by atoms with Crippen molar-refractivity contribution in [3.8, 4) is 0 Å². The number of benzene rings is 2. The lowest BCUT2D eigenvalue weighted by Gasteiger charge is -2.04. The van der Waals surface area contributed by atoms with Crippen LogP contribution >= 0.6 is 15.9 Å². The lowest BCUT2D eigenvalue weighted by atomic mass is 10.2. The highest BCUT2D eigenvalue weighted by Crippen LogP contribution is 2.16. The highest BCUT2D eigenvalue weighted by molar-refractivity contribution is 9.10. The van der Waals surface area contributed by atoms with Crippen LogP contribution in [0.2, 0.25) is 0 Å². The second kappa shape index (κ2) is 5.21. The van der Waals surface area contributed by atoms with Crippen LogP contribution < -0.4 is 5.69 Å². The van der Waals surface area contributed by atoms with Crippen molar-refractivity contribution >= 4 is 32.9 Å². The Morgan fingerprint density at radius 3 is 2.57 bits per heavy atom. The van der Waals surface area contributed by atoms with Gasteiger partial charge in [-0.2, -0.15) is 0 Å². The summed E-state index contributed by atoms with van der Waals surface area (Å²) >= 11 is 3.36. The molecular formula is C15H11BrN2O3. The molecule has 0 spiro atoms. The van der Waals surface area contributed by atoms with E-state index in [1.807, 2.05) is 24.3 Å². The number of imidazole rings is 1. The number of carboxylic acid groups (broad SMARTS) is 1. The molecule has 0 fully saturated rings. The molecule has 21 heavy (non-hydrogen) atoms. The minimum absolute atomic E-state index is 0.158. The summed E-state index contributed by atoms with van der Waals surface area (Å²) in [5, 5.41) is 9.06. The second-order valence-electron chi connectivity index (χ2n) is 4.68. The first-order valence-electron chi connectivity index (χ1n) is 6.25. The number of carbonyl (C=O) groups is 1. The Balaban J connectivity index is 2.10. The van der Waals surface area contributed by atoms with E-state index in [4.69, 9.17) is 5.11 Å². The molecule has 0 aliphatic carbocycles. The van der Waals surface area contributed by atoms with Crippen LogP contribution in [0.15, 0.2) is 51.7 Å². The van der Waals surface area contributed by atoms with Crippen LogP contribution in [0.3, 0.4) is 0 Å². The standard InChI is InChI=1S/C15H11BrN2O3/c16-11-4-1-9(2-5-11)8-18-13-7-10(14(19)20)3-6-12(13)17-15(18)21/h1-7H,8H2,(H,17,21)(H,19,20). The number of rotatable bonds is 3. The van der Waals surface area contributed by atoms with E-state index in [2.05, 4.69) is 20.9 Å². The zero-order valence-corrected chi connectivity index (χ0v) is 12.4. The molecule has 2 aromatic carbocycles. The first kappa shape index (κ1) is 13.6. The smallest absolute Gasteiger partial charge is 0.335 e. The first-order valence-corrected chi connectivity index (χ1v) is 7.04. The van der Waals surface area contributed by atoms with Crippen molar-refractivity contribution in [3.05, 3.63) is 68.5 Å². The molecule has 0 unspecified atom stereocenters. The molecule has 0 atom stereocenters. The lowest BCUT2D eigenvalue weighted by Crippen LogP contribution is -2.17. The molecule has 5 nitrogen and oxygen atoms in total.